The molecule has 1 rings (SSSR count). The minimum absolute atomic E-state index is 0.257. The molecule has 0 saturated heterocycles. The highest BCUT2D eigenvalue weighted by Gasteiger charge is 2.19. The molecule has 1 heterocycles. The van der Waals surface area contributed by atoms with Crippen LogP contribution in [-0.4, -0.2) is 32.8 Å². The summed E-state index contributed by atoms with van der Waals surface area (Å²) in [5.74, 6) is -0.950. The largest absolute Gasteiger partial charge is 0.480 e. The summed E-state index contributed by atoms with van der Waals surface area (Å²) in [6, 6.07) is 1.44. The number of aromatic nitrogens is 2. The Labute approximate surface area is 109 Å². The SMILES string of the molecule is CCCc1cc(=O)[nH]c(SC(CCN)C(=O)O)n1. The Bertz CT molecular complexity index is 461. The van der Waals surface area contributed by atoms with Crippen LogP contribution in [0.5, 0.6) is 0 Å². The van der Waals surface area contributed by atoms with Crippen molar-refractivity contribution in [3.63, 3.8) is 0 Å². The maximum absolute atomic E-state index is 11.4. The van der Waals surface area contributed by atoms with E-state index in [-0.39, 0.29) is 12.1 Å². The van der Waals surface area contributed by atoms with Crippen molar-refractivity contribution < 1.29 is 9.90 Å². The molecule has 0 radical (unpaired) electrons. The molecule has 7 heteroatoms. The number of rotatable bonds is 7. The van der Waals surface area contributed by atoms with E-state index in [1.807, 2.05) is 6.92 Å². The van der Waals surface area contributed by atoms with Gasteiger partial charge < -0.3 is 15.8 Å². The van der Waals surface area contributed by atoms with E-state index >= 15 is 0 Å². The molecule has 1 unspecified atom stereocenters. The van der Waals surface area contributed by atoms with Crippen molar-refractivity contribution in [3.05, 3.63) is 22.1 Å². The maximum Gasteiger partial charge on any atom is 0.317 e. The Kier molecular flexibility index (Phi) is 5.87. The van der Waals surface area contributed by atoms with Gasteiger partial charge in [0.1, 0.15) is 5.25 Å². The second-order valence-electron chi connectivity index (χ2n) is 3.81. The number of hydrogen-bond donors (Lipinski definition) is 3. The molecule has 1 aromatic rings. The van der Waals surface area contributed by atoms with Crippen LogP contribution in [0.15, 0.2) is 16.0 Å². The quantitative estimate of drug-likeness (QED) is 0.495. The minimum Gasteiger partial charge on any atom is -0.480 e. The summed E-state index contributed by atoms with van der Waals surface area (Å²) in [5.41, 5.74) is 5.78. The Morgan fingerprint density at radius 2 is 2.39 bits per heavy atom. The fourth-order valence-corrected chi connectivity index (χ4v) is 2.40. The smallest absolute Gasteiger partial charge is 0.317 e. The zero-order valence-electron chi connectivity index (χ0n) is 10.2. The lowest BCUT2D eigenvalue weighted by Gasteiger charge is -2.10. The van der Waals surface area contributed by atoms with Gasteiger partial charge in [0.05, 0.1) is 0 Å². The molecular formula is C11H17N3O3S. The molecule has 0 aromatic carbocycles. The number of carboxylic acids is 1. The Morgan fingerprint density at radius 3 is 2.94 bits per heavy atom. The predicted molar refractivity (Wildman–Crippen MR) is 69.8 cm³/mol. The van der Waals surface area contributed by atoms with Crippen molar-refractivity contribution in [2.75, 3.05) is 6.54 Å². The minimum atomic E-state index is -0.950. The number of aryl methyl sites for hydroxylation is 1. The second-order valence-corrected chi connectivity index (χ2v) is 5.01. The van der Waals surface area contributed by atoms with Crippen LogP contribution in [0.25, 0.3) is 0 Å². The molecule has 100 valence electrons. The lowest BCUT2D eigenvalue weighted by molar-refractivity contribution is -0.136. The highest BCUT2D eigenvalue weighted by molar-refractivity contribution is 8.00. The van der Waals surface area contributed by atoms with E-state index < -0.39 is 11.2 Å². The number of carbonyl (C=O) groups is 1. The van der Waals surface area contributed by atoms with E-state index in [1.54, 1.807) is 0 Å². The molecule has 0 fully saturated rings. The first-order valence-corrected chi connectivity index (χ1v) is 6.64. The number of hydrogen-bond acceptors (Lipinski definition) is 5. The standard InChI is InChI=1S/C11H17N3O3S/c1-2-3-7-6-9(15)14-11(13-7)18-8(4-5-12)10(16)17/h6,8H,2-5,12H2,1H3,(H,16,17)(H,13,14,15). The van der Waals surface area contributed by atoms with Gasteiger partial charge in [-0.25, -0.2) is 4.98 Å². The molecular weight excluding hydrogens is 254 g/mol. The summed E-state index contributed by atoms with van der Waals surface area (Å²) in [4.78, 5) is 29.2. The van der Waals surface area contributed by atoms with Crippen molar-refractivity contribution in [2.24, 2.45) is 5.73 Å². The number of nitrogens with one attached hydrogen (secondary N) is 1. The number of thioether (sulfide) groups is 1. The summed E-state index contributed by atoms with van der Waals surface area (Å²) >= 11 is 1.03. The molecule has 6 nitrogen and oxygen atoms in total. The highest BCUT2D eigenvalue weighted by atomic mass is 32.2. The van der Waals surface area contributed by atoms with E-state index in [1.165, 1.54) is 6.07 Å². The summed E-state index contributed by atoms with van der Waals surface area (Å²) in [5, 5.41) is 8.67. The average Bonchev–Trinajstić information content (AvgIpc) is 2.28. The molecule has 4 N–H and O–H groups in total. The third-order valence-electron chi connectivity index (χ3n) is 2.24. The van der Waals surface area contributed by atoms with Crippen LogP contribution in [-0.2, 0) is 11.2 Å². The van der Waals surface area contributed by atoms with Crippen LogP contribution < -0.4 is 11.3 Å². The van der Waals surface area contributed by atoms with Crippen LogP contribution in [0.1, 0.15) is 25.5 Å². The van der Waals surface area contributed by atoms with Crippen LogP contribution in [0.2, 0.25) is 0 Å². The lowest BCUT2D eigenvalue weighted by Crippen LogP contribution is -2.21. The van der Waals surface area contributed by atoms with Crippen LogP contribution in [0.4, 0.5) is 0 Å². The Balaban J connectivity index is 2.88. The van der Waals surface area contributed by atoms with Crippen molar-refractivity contribution >= 4 is 17.7 Å². The van der Waals surface area contributed by atoms with Gasteiger partial charge in [-0.2, -0.15) is 0 Å². The summed E-state index contributed by atoms with van der Waals surface area (Å²) in [6.07, 6.45) is 1.92. The average molecular weight is 271 g/mol. The van der Waals surface area contributed by atoms with Crippen LogP contribution >= 0.6 is 11.8 Å². The summed E-state index contributed by atoms with van der Waals surface area (Å²) in [6.45, 7) is 2.27. The number of H-pyrrole nitrogens is 1. The van der Waals surface area contributed by atoms with Crippen molar-refractivity contribution in [1.29, 1.82) is 0 Å². The molecule has 0 aliphatic heterocycles. The van der Waals surface area contributed by atoms with Crippen molar-refractivity contribution in [1.82, 2.24) is 9.97 Å². The molecule has 0 aliphatic carbocycles. The van der Waals surface area contributed by atoms with E-state index in [2.05, 4.69) is 9.97 Å². The first kappa shape index (κ1) is 14.7. The number of aliphatic carboxylic acids is 1. The lowest BCUT2D eigenvalue weighted by atomic mass is 10.2. The molecule has 0 amide bonds. The first-order chi connectivity index (χ1) is 8.56. The van der Waals surface area contributed by atoms with Gasteiger partial charge in [-0.05, 0) is 19.4 Å². The first-order valence-electron chi connectivity index (χ1n) is 5.76. The molecule has 1 aromatic heterocycles. The van der Waals surface area contributed by atoms with Crippen molar-refractivity contribution in [2.45, 2.75) is 36.6 Å². The van der Waals surface area contributed by atoms with Crippen molar-refractivity contribution in [3.8, 4) is 0 Å². The van der Waals surface area contributed by atoms with Crippen LogP contribution in [0, 0.1) is 0 Å². The Morgan fingerprint density at radius 1 is 1.67 bits per heavy atom. The van der Waals surface area contributed by atoms with E-state index in [9.17, 15) is 9.59 Å². The van der Waals surface area contributed by atoms with Gasteiger partial charge in [0.15, 0.2) is 5.16 Å². The van der Waals surface area contributed by atoms with E-state index in [0.717, 1.165) is 18.2 Å². The van der Waals surface area contributed by atoms with E-state index in [0.29, 0.717) is 23.7 Å². The van der Waals surface area contributed by atoms with Gasteiger partial charge in [-0.3, -0.25) is 9.59 Å². The molecule has 18 heavy (non-hydrogen) atoms. The molecule has 0 aliphatic rings. The van der Waals surface area contributed by atoms with Gasteiger partial charge in [0, 0.05) is 11.8 Å². The number of nitrogens with two attached hydrogens (primary N) is 1. The maximum atomic E-state index is 11.4. The monoisotopic (exact) mass is 271 g/mol. The van der Waals surface area contributed by atoms with Gasteiger partial charge >= 0.3 is 5.97 Å². The van der Waals surface area contributed by atoms with E-state index in [4.69, 9.17) is 10.8 Å². The van der Waals surface area contributed by atoms with Gasteiger partial charge in [-0.15, -0.1) is 0 Å². The highest BCUT2D eigenvalue weighted by Crippen LogP contribution is 2.21. The number of aromatic amines is 1. The summed E-state index contributed by atoms with van der Waals surface area (Å²) < 4.78 is 0. The fourth-order valence-electron chi connectivity index (χ4n) is 1.44. The molecule has 0 bridgehead atoms. The topological polar surface area (TPSA) is 109 Å². The molecule has 0 saturated carbocycles. The van der Waals surface area contributed by atoms with Crippen LogP contribution in [0.3, 0.4) is 0 Å². The predicted octanol–water partition coefficient (Wildman–Crippen LogP) is 0.617. The zero-order chi connectivity index (χ0) is 13.5. The third-order valence-corrected chi connectivity index (χ3v) is 3.38. The second kappa shape index (κ2) is 7.17. The van der Waals surface area contributed by atoms with Gasteiger partial charge in [0.2, 0.25) is 0 Å². The fraction of sp³-hybridized carbons (Fsp3) is 0.545. The molecule has 0 spiro atoms. The third kappa shape index (κ3) is 4.50. The summed E-state index contributed by atoms with van der Waals surface area (Å²) in [7, 11) is 0. The van der Waals surface area contributed by atoms with Gasteiger partial charge in [-0.1, -0.05) is 25.1 Å². The molecule has 1 atom stereocenters. The Hall–Kier alpha value is -1.34. The number of carboxylic acid groups (broad SMARTS) is 1. The zero-order valence-corrected chi connectivity index (χ0v) is 11.0. The van der Waals surface area contributed by atoms with Gasteiger partial charge in [0.25, 0.3) is 5.56 Å². The number of nitrogens with zero attached hydrogens (tertiary/aromatic N) is 1. The normalized spacial score (nSPS) is 12.3.